The Kier molecular flexibility index (Phi) is 5.53. The van der Waals surface area contributed by atoms with Gasteiger partial charge >= 0.3 is 0 Å². The molecule has 0 fully saturated rings. The molecule has 0 unspecified atom stereocenters. The highest BCUT2D eigenvalue weighted by molar-refractivity contribution is 6.21. The standard InChI is InChI=1S/C27H29N7/c1-6-17-10-12-20(22(14-17)28-2)24-16-19-8-7-9-25-31-26(32-27(30-24)34(19)25)21-13-11-18(33(4)5)15-23(21)29-3/h7-16,28-29H,6H2,1-5H3. The van der Waals surface area contributed by atoms with Gasteiger partial charge in [-0.05, 0) is 54.5 Å². The predicted octanol–water partition coefficient (Wildman–Crippen LogP) is 4.61. The number of allylic oxidation sites excluding steroid dienone is 4. The van der Waals surface area contributed by atoms with E-state index in [2.05, 4.69) is 71.0 Å². The maximum absolute atomic E-state index is 4.99. The number of aryl methyl sites for hydroxylation is 1. The van der Waals surface area contributed by atoms with Crippen molar-refractivity contribution in [3.63, 3.8) is 0 Å². The molecular formula is C27H29N7. The summed E-state index contributed by atoms with van der Waals surface area (Å²) >= 11 is 0. The Hall–Kier alpha value is -4.13. The molecule has 5 rings (SSSR count). The number of hydrogen-bond acceptors (Lipinski definition) is 7. The van der Waals surface area contributed by atoms with Crippen LogP contribution >= 0.6 is 0 Å². The van der Waals surface area contributed by atoms with E-state index in [1.807, 2.05) is 45.2 Å². The molecule has 2 N–H and O–H groups in total. The fraction of sp³-hybridized carbons (Fsp3) is 0.222. The molecule has 0 aliphatic carbocycles. The molecule has 172 valence electrons. The number of benzene rings is 2. The lowest BCUT2D eigenvalue weighted by Crippen LogP contribution is -2.36. The predicted molar refractivity (Wildman–Crippen MR) is 143 cm³/mol. The number of aliphatic imine (C=N–C) groups is 3. The van der Waals surface area contributed by atoms with Gasteiger partial charge in [-0.25, -0.2) is 9.98 Å². The average molecular weight is 452 g/mol. The highest BCUT2D eigenvalue weighted by Gasteiger charge is 2.30. The lowest BCUT2D eigenvalue weighted by atomic mass is 10.0. The quantitative estimate of drug-likeness (QED) is 0.673. The van der Waals surface area contributed by atoms with Gasteiger partial charge in [0, 0.05) is 56.4 Å². The summed E-state index contributed by atoms with van der Waals surface area (Å²) in [6, 6.07) is 12.7. The highest BCUT2D eigenvalue weighted by atomic mass is 15.4. The second-order valence-corrected chi connectivity index (χ2v) is 8.49. The zero-order valence-electron chi connectivity index (χ0n) is 20.2. The molecule has 0 saturated carbocycles. The minimum atomic E-state index is 0.619. The number of guanidine groups is 1. The van der Waals surface area contributed by atoms with Crippen molar-refractivity contribution in [2.75, 3.05) is 43.7 Å². The average Bonchev–Trinajstić information content (AvgIpc) is 2.87. The Morgan fingerprint density at radius 3 is 2.41 bits per heavy atom. The molecule has 2 aromatic rings. The normalized spacial score (nSPS) is 16.0. The third kappa shape index (κ3) is 3.69. The van der Waals surface area contributed by atoms with Crippen LogP contribution < -0.4 is 15.5 Å². The zero-order chi connectivity index (χ0) is 23.8. The van der Waals surface area contributed by atoms with Crippen LogP contribution in [0.3, 0.4) is 0 Å². The van der Waals surface area contributed by atoms with Gasteiger partial charge in [0.05, 0.1) is 11.4 Å². The van der Waals surface area contributed by atoms with Crippen LogP contribution in [-0.4, -0.2) is 50.6 Å². The van der Waals surface area contributed by atoms with Crippen LogP contribution in [0.15, 0.2) is 87.2 Å². The molecule has 7 heteroatoms. The Morgan fingerprint density at radius 1 is 0.912 bits per heavy atom. The SMILES string of the molecule is CCc1ccc(C2=NC3=NC(c4ccc(N(C)C)cc4NC)=NC4=CC=CC(=C2)N43)c(NC)c1. The highest BCUT2D eigenvalue weighted by Crippen LogP contribution is 2.33. The van der Waals surface area contributed by atoms with Crippen molar-refractivity contribution in [1.29, 1.82) is 0 Å². The molecule has 2 aromatic carbocycles. The first-order valence-electron chi connectivity index (χ1n) is 11.5. The molecule has 0 spiro atoms. The summed E-state index contributed by atoms with van der Waals surface area (Å²) in [5.74, 6) is 2.07. The van der Waals surface area contributed by atoms with E-state index in [4.69, 9.17) is 15.0 Å². The van der Waals surface area contributed by atoms with Crippen LogP contribution in [0.25, 0.3) is 0 Å². The molecule has 0 amide bonds. The second-order valence-electron chi connectivity index (χ2n) is 8.49. The minimum absolute atomic E-state index is 0.619. The summed E-state index contributed by atoms with van der Waals surface area (Å²) in [7, 11) is 7.92. The second kappa shape index (κ2) is 8.67. The van der Waals surface area contributed by atoms with Crippen LogP contribution in [0.2, 0.25) is 0 Å². The van der Waals surface area contributed by atoms with Crippen molar-refractivity contribution in [1.82, 2.24) is 4.90 Å². The third-order valence-electron chi connectivity index (χ3n) is 6.20. The summed E-state index contributed by atoms with van der Waals surface area (Å²) < 4.78 is 0. The van der Waals surface area contributed by atoms with Gasteiger partial charge in [-0.3, -0.25) is 4.90 Å². The molecule has 0 aromatic heterocycles. The zero-order valence-corrected chi connectivity index (χ0v) is 20.2. The van der Waals surface area contributed by atoms with Crippen LogP contribution in [0.4, 0.5) is 17.1 Å². The fourth-order valence-corrected chi connectivity index (χ4v) is 4.28. The minimum Gasteiger partial charge on any atom is -0.388 e. The molecule has 3 heterocycles. The molecular weight excluding hydrogens is 422 g/mol. The molecule has 0 atom stereocenters. The maximum Gasteiger partial charge on any atom is 0.238 e. The summed E-state index contributed by atoms with van der Waals surface area (Å²) in [6.45, 7) is 2.16. The number of amidine groups is 1. The van der Waals surface area contributed by atoms with Crippen molar-refractivity contribution < 1.29 is 0 Å². The molecule has 0 bridgehead atoms. The first-order chi connectivity index (χ1) is 16.5. The number of anilines is 3. The van der Waals surface area contributed by atoms with Gasteiger partial charge in [0.25, 0.3) is 0 Å². The smallest absolute Gasteiger partial charge is 0.238 e. The van der Waals surface area contributed by atoms with Crippen molar-refractivity contribution in [3.8, 4) is 0 Å². The van der Waals surface area contributed by atoms with E-state index in [0.29, 0.717) is 11.8 Å². The lowest BCUT2D eigenvalue weighted by molar-refractivity contribution is 0.617. The summed E-state index contributed by atoms with van der Waals surface area (Å²) in [5, 5.41) is 6.63. The molecule has 3 aliphatic rings. The van der Waals surface area contributed by atoms with Crippen LogP contribution in [0.1, 0.15) is 23.6 Å². The summed E-state index contributed by atoms with van der Waals surface area (Å²) in [5.41, 5.74) is 8.28. The first-order valence-corrected chi connectivity index (χ1v) is 11.5. The van der Waals surface area contributed by atoms with E-state index in [-0.39, 0.29) is 0 Å². The van der Waals surface area contributed by atoms with E-state index in [1.165, 1.54) is 5.56 Å². The first kappa shape index (κ1) is 21.7. The van der Waals surface area contributed by atoms with Crippen molar-refractivity contribution in [2.24, 2.45) is 15.0 Å². The van der Waals surface area contributed by atoms with Gasteiger partial charge in [0.1, 0.15) is 5.82 Å². The van der Waals surface area contributed by atoms with Gasteiger partial charge in [-0.1, -0.05) is 25.1 Å². The topological polar surface area (TPSA) is 67.6 Å². The summed E-state index contributed by atoms with van der Waals surface area (Å²) in [6.07, 6.45) is 9.17. The van der Waals surface area contributed by atoms with Gasteiger partial charge in [-0.2, -0.15) is 4.99 Å². The van der Waals surface area contributed by atoms with Crippen LogP contribution in [0.5, 0.6) is 0 Å². The maximum atomic E-state index is 4.99. The molecule has 7 nitrogen and oxygen atoms in total. The van der Waals surface area contributed by atoms with Crippen molar-refractivity contribution >= 4 is 34.6 Å². The van der Waals surface area contributed by atoms with E-state index in [0.717, 1.165) is 51.8 Å². The molecule has 0 radical (unpaired) electrons. The Morgan fingerprint density at radius 2 is 1.68 bits per heavy atom. The van der Waals surface area contributed by atoms with Gasteiger partial charge < -0.3 is 15.5 Å². The number of nitrogens with zero attached hydrogens (tertiary/aromatic N) is 5. The van der Waals surface area contributed by atoms with E-state index in [9.17, 15) is 0 Å². The number of hydrogen-bond donors (Lipinski definition) is 2. The number of nitrogens with one attached hydrogen (secondary N) is 2. The third-order valence-corrected chi connectivity index (χ3v) is 6.20. The molecule has 34 heavy (non-hydrogen) atoms. The van der Waals surface area contributed by atoms with E-state index >= 15 is 0 Å². The number of rotatable bonds is 6. The molecule has 3 aliphatic heterocycles. The van der Waals surface area contributed by atoms with Gasteiger partial charge in [-0.15, -0.1) is 0 Å². The van der Waals surface area contributed by atoms with Crippen molar-refractivity contribution in [2.45, 2.75) is 13.3 Å². The van der Waals surface area contributed by atoms with E-state index < -0.39 is 0 Å². The fourth-order valence-electron chi connectivity index (χ4n) is 4.28. The Balaban J connectivity index is 1.63. The monoisotopic (exact) mass is 451 g/mol. The van der Waals surface area contributed by atoms with Crippen molar-refractivity contribution in [3.05, 3.63) is 88.9 Å². The van der Waals surface area contributed by atoms with Gasteiger partial charge in [0.2, 0.25) is 5.96 Å². The molecule has 0 saturated heterocycles. The van der Waals surface area contributed by atoms with E-state index in [1.54, 1.807) is 0 Å². The van der Waals surface area contributed by atoms with Crippen LogP contribution in [0, 0.1) is 0 Å². The lowest BCUT2D eigenvalue weighted by Gasteiger charge is -2.33. The van der Waals surface area contributed by atoms with Gasteiger partial charge in [0.15, 0.2) is 5.84 Å². The largest absolute Gasteiger partial charge is 0.388 e. The van der Waals surface area contributed by atoms with Crippen LogP contribution in [-0.2, 0) is 6.42 Å². The Labute approximate surface area is 200 Å². The summed E-state index contributed by atoms with van der Waals surface area (Å²) in [4.78, 5) is 18.9. The Bertz CT molecular complexity index is 1340.